The van der Waals surface area contributed by atoms with Gasteiger partial charge >= 0.3 is 5.97 Å². The summed E-state index contributed by atoms with van der Waals surface area (Å²) >= 11 is 3.32. The SMILES string of the molecule is O=C(Oc1ccc(N2C(=O)[C@H]3CCCC[C@@H]3C2=O)cc1)c1ccc(Br)cc1. The van der Waals surface area contributed by atoms with Crippen molar-refractivity contribution in [1.29, 1.82) is 0 Å². The first-order valence-corrected chi connectivity index (χ1v) is 9.79. The summed E-state index contributed by atoms with van der Waals surface area (Å²) in [5.74, 6) is -0.672. The van der Waals surface area contributed by atoms with Gasteiger partial charge in [0.15, 0.2) is 0 Å². The minimum absolute atomic E-state index is 0.107. The highest BCUT2D eigenvalue weighted by atomic mass is 79.9. The van der Waals surface area contributed by atoms with Gasteiger partial charge in [0.2, 0.25) is 11.8 Å². The average Bonchev–Trinajstić information content (AvgIpc) is 2.94. The average molecular weight is 428 g/mol. The van der Waals surface area contributed by atoms with Gasteiger partial charge in [-0.2, -0.15) is 0 Å². The van der Waals surface area contributed by atoms with E-state index in [0.717, 1.165) is 30.2 Å². The Balaban J connectivity index is 1.49. The van der Waals surface area contributed by atoms with E-state index in [2.05, 4.69) is 15.9 Å². The van der Waals surface area contributed by atoms with Gasteiger partial charge in [-0.25, -0.2) is 4.79 Å². The number of imide groups is 1. The Morgan fingerprint density at radius 3 is 2.00 bits per heavy atom. The number of esters is 1. The predicted molar refractivity (Wildman–Crippen MR) is 103 cm³/mol. The molecule has 4 rings (SSSR count). The van der Waals surface area contributed by atoms with Crippen LogP contribution >= 0.6 is 15.9 Å². The number of amides is 2. The Labute approximate surface area is 165 Å². The summed E-state index contributed by atoms with van der Waals surface area (Å²) in [5.41, 5.74) is 0.971. The van der Waals surface area contributed by atoms with Gasteiger partial charge in [-0.3, -0.25) is 14.5 Å². The molecule has 2 aromatic carbocycles. The number of carbonyl (C=O) groups excluding carboxylic acids is 3. The number of ether oxygens (including phenoxy) is 1. The molecule has 2 aromatic rings. The van der Waals surface area contributed by atoms with Crippen LogP contribution in [0.15, 0.2) is 53.0 Å². The molecule has 0 bridgehead atoms. The summed E-state index contributed by atoms with van der Waals surface area (Å²) in [7, 11) is 0. The first-order valence-electron chi connectivity index (χ1n) is 9.00. The third-order valence-electron chi connectivity index (χ3n) is 5.23. The molecule has 0 radical (unpaired) electrons. The summed E-state index contributed by atoms with van der Waals surface area (Å²) in [6, 6.07) is 13.4. The van der Waals surface area contributed by atoms with E-state index in [0.29, 0.717) is 17.0 Å². The molecule has 2 aliphatic rings. The highest BCUT2D eigenvalue weighted by Gasteiger charge is 2.48. The molecule has 2 amide bonds. The number of carbonyl (C=O) groups is 3. The van der Waals surface area contributed by atoms with Crippen LogP contribution in [-0.2, 0) is 9.59 Å². The molecule has 1 saturated carbocycles. The van der Waals surface area contributed by atoms with Crippen LogP contribution in [0.2, 0.25) is 0 Å². The molecule has 6 heteroatoms. The maximum Gasteiger partial charge on any atom is 0.343 e. The highest BCUT2D eigenvalue weighted by molar-refractivity contribution is 9.10. The van der Waals surface area contributed by atoms with E-state index in [-0.39, 0.29) is 23.7 Å². The number of halogens is 1. The zero-order valence-corrected chi connectivity index (χ0v) is 16.1. The van der Waals surface area contributed by atoms with E-state index in [1.807, 2.05) is 0 Å². The first kappa shape index (κ1) is 17.9. The minimum Gasteiger partial charge on any atom is -0.423 e. The predicted octanol–water partition coefficient (Wildman–Crippen LogP) is 4.35. The van der Waals surface area contributed by atoms with Gasteiger partial charge in [0.05, 0.1) is 23.1 Å². The molecule has 0 aromatic heterocycles. The molecule has 138 valence electrons. The molecule has 1 aliphatic heterocycles. The van der Waals surface area contributed by atoms with Crippen molar-refractivity contribution in [1.82, 2.24) is 0 Å². The molecule has 2 atom stereocenters. The van der Waals surface area contributed by atoms with E-state index in [1.165, 1.54) is 4.90 Å². The van der Waals surface area contributed by atoms with Gasteiger partial charge < -0.3 is 4.74 Å². The fourth-order valence-electron chi connectivity index (χ4n) is 3.83. The van der Waals surface area contributed by atoms with Crippen LogP contribution in [0.3, 0.4) is 0 Å². The third kappa shape index (κ3) is 3.41. The van der Waals surface area contributed by atoms with Gasteiger partial charge in [0, 0.05) is 4.47 Å². The number of rotatable bonds is 3. The fraction of sp³-hybridized carbons (Fsp3) is 0.286. The van der Waals surface area contributed by atoms with Crippen LogP contribution in [0.25, 0.3) is 0 Å². The van der Waals surface area contributed by atoms with E-state index in [9.17, 15) is 14.4 Å². The topological polar surface area (TPSA) is 63.7 Å². The smallest absolute Gasteiger partial charge is 0.343 e. The van der Waals surface area contributed by atoms with Gasteiger partial charge in [-0.1, -0.05) is 28.8 Å². The Kier molecular flexibility index (Phi) is 4.83. The van der Waals surface area contributed by atoms with Crippen molar-refractivity contribution in [3.05, 3.63) is 58.6 Å². The Morgan fingerprint density at radius 2 is 1.44 bits per heavy atom. The molecule has 0 N–H and O–H groups in total. The van der Waals surface area contributed by atoms with Gasteiger partial charge in [0.1, 0.15) is 5.75 Å². The Hall–Kier alpha value is -2.47. The quantitative estimate of drug-likeness (QED) is 0.414. The normalized spacial score (nSPS) is 21.9. The van der Waals surface area contributed by atoms with Crippen molar-refractivity contribution in [2.45, 2.75) is 25.7 Å². The van der Waals surface area contributed by atoms with E-state index >= 15 is 0 Å². The van der Waals surface area contributed by atoms with Crippen LogP contribution in [-0.4, -0.2) is 17.8 Å². The van der Waals surface area contributed by atoms with Crippen molar-refractivity contribution < 1.29 is 19.1 Å². The van der Waals surface area contributed by atoms with Crippen molar-refractivity contribution >= 4 is 39.4 Å². The van der Waals surface area contributed by atoms with Crippen molar-refractivity contribution in [2.75, 3.05) is 4.90 Å². The lowest BCUT2D eigenvalue weighted by Gasteiger charge is -2.19. The second-order valence-corrected chi connectivity index (χ2v) is 7.82. The van der Waals surface area contributed by atoms with E-state index in [4.69, 9.17) is 4.74 Å². The monoisotopic (exact) mass is 427 g/mol. The number of nitrogens with zero attached hydrogens (tertiary/aromatic N) is 1. The van der Waals surface area contributed by atoms with Crippen LogP contribution < -0.4 is 9.64 Å². The maximum absolute atomic E-state index is 12.6. The first-order chi connectivity index (χ1) is 13.0. The molecule has 0 spiro atoms. The van der Waals surface area contributed by atoms with E-state index < -0.39 is 5.97 Å². The summed E-state index contributed by atoms with van der Waals surface area (Å²) in [6.07, 6.45) is 3.57. The molecule has 2 fully saturated rings. The Morgan fingerprint density at radius 1 is 0.889 bits per heavy atom. The lowest BCUT2D eigenvalue weighted by molar-refractivity contribution is -0.122. The summed E-state index contributed by atoms with van der Waals surface area (Å²) < 4.78 is 6.24. The third-order valence-corrected chi connectivity index (χ3v) is 5.76. The molecular weight excluding hydrogens is 410 g/mol. The lowest BCUT2D eigenvalue weighted by Crippen LogP contribution is -2.30. The second kappa shape index (κ2) is 7.27. The molecule has 1 aliphatic carbocycles. The molecule has 1 heterocycles. The van der Waals surface area contributed by atoms with Crippen LogP contribution in [0, 0.1) is 11.8 Å². The van der Waals surface area contributed by atoms with Crippen LogP contribution in [0.4, 0.5) is 5.69 Å². The minimum atomic E-state index is -0.463. The second-order valence-electron chi connectivity index (χ2n) is 6.90. The fourth-order valence-corrected chi connectivity index (χ4v) is 4.10. The number of benzene rings is 2. The Bertz CT molecular complexity index is 867. The summed E-state index contributed by atoms with van der Waals surface area (Å²) in [5, 5.41) is 0. The highest BCUT2D eigenvalue weighted by Crippen LogP contribution is 2.40. The molecule has 0 unspecified atom stereocenters. The summed E-state index contributed by atoms with van der Waals surface area (Å²) in [4.78, 5) is 38.8. The van der Waals surface area contributed by atoms with Gasteiger partial charge in [-0.05, 0) is 61.4 Å². The molecule has 1 saturated heterocycles. The van der Waals surface area contributed by atoms with Gasteiger partial charge in [0.25, 0.3) is 0 Å². The number of hydrogen-bond acceptors (Lipinski definition) is 4. The zero-order chi connectivity index (χ0) is 19.0. The van der Waals surface area contributed by atoms with Gasteiger partial charge in [-0.15, -0.1) is 0 Å². The van der Waals surface area contributed by atoms with Crippen LogP contribution in [0.5, 0.6) is 5.75 Å². The van der Waals surface area contributed by atoms with Crippen LogP contribution in [0.1, 0.15) is 36.0 Å². The zero-order valence-electron chi connectivity index (χ0n) is 14.6. The maximum atomic E-state index is 12.6. The number of anilines is 1. The number of hydrogen-bond donors (Lipinski definition) is 0. The standard InChI is InChI=1S/C21H18BrNO4/c22-14-7-5-13(6-8-14)21(26)27-16-11-9-15(10-12-16)23-19(24)17-3-1-2-4-18(17)20(23)25/h5-12,17-18H,1-4H2/t17-,18-/m0/s1. The van der Waals surface area contributed by atoms with Crippen molar-refractivity contribution in [2.24, 2.45) is 11.8 Å². The van der Waals surface area contributed by atoms with E-state index in [1.54, 1.807) is 48.5 Å². The van der Waals surface area contributed by atoms with Crippen molar-refractivity contribution in [3.8, 4) is 5.75 Å². The van der Waals surface area contributed by atoms with Crippen molar-refractivity contribution in [3.63, 3.8) is 0 Å². The molecule has 5 nitrogen and oxygen atoms in total. The molecular formula is C21H18BrNO4. The number of fused-ring (bicyclic) bond motifs is 1. The summed E-state index contributed by atoms with van der Waals surface area (Å²) in [6.45, 7) is 0. The lowest BCUT2D eigenvalue weighted by atomic mass is 9.81. The largest absolute Gasteiger partial charge is 0.423 e. The molecule has 27 heavy (non-hydrogen) atoms.